The lowest BCUT2D eigenvalue weighted by Crippen LogP contribution is -2.23. The fourth-order valence-electron chi connectivity index (χ4n) is 1.90. The molecule has 1 N–H and O–H groups in total. The van der Waals surface area contributed by atoms with E-state index in [1.807, 2.05) is 13.2 Å². The number of aryl methyl sites for hydroxylation is 1. The first kappa shape index (κ1) is 12.8. The van der Waals surface area contributed by atoms with Crippen LogP contribution in [-0.2, 0) is 12.8 Å². The molecule has 96 valence electrons. The largest absolute Gasteiger partial charge is 0.445 e. The number of hydrogen-bond acceptors (Lipinski definition) is 3. The van der Waals surface area contributed by atoms with E-state index in [0.29, 0.717) is 6.04 Å². The molecule has 0 saturated heterocycles. The minimum atomic E-state index is 0.407. The van der Waals surface area contributed by atoms with E-state index < -0.39 is 0 Å². The van der Waals surface area contributed by atoms with Crippen molar-refractivity contribution in [1.29, 1.82) is 0 Å². The standard InChI is InChI=1S/C15H20N2O/c1-11-6-4-5-7-13(11)9-15-17-10-14(18-15)8-12(2)16-3/h4-7,10,12,16H,8-9H2,1-3H3. The summed E-state index contributed by atoms with van der Waals surface area (Å²) in [7, 11) is 1.95. The number of benzene rings is 1. The molecule has 0 radical (unpaired) electrons. The summed E-state index contributed by atoms with van der Waals surface area (Å²) in [6.07, 6.45) is 3.47. The minimum Gasteiger partial charge on any atom is -0.445 e. The summed E-state index contributed by atoms with van der Waals surface area (Å²) in [6, 6.07) is 8.74. The van der Waals surface area contributed by atoms with Gasteiger partial charge in [-0.25, -0.2) is 4.98 Å². The van der Waals surface area contributed by atoms with E-state index in [-0.39, 0.29) is 0 Å². The molecule has 0 aliphatic carbocycles. The number of nitrogens with one attached hydrogen (secondary N) is 1. The maximum Gasteiger partial charge on any atom is 0.198 e. The Hall–Kier alpha value is -1.61. The molecule has 2 aromatic rings. The first-order chi connectivity index (χ1) is 8.69. The van der Waals surface area contributed by atoms with Crippen LogP contribution in [0.4, 0.5) is 0 Å². The van der Waals surface area contributed by atoms with Crippen molar-refractivity contribution in [1.82, 2.24) is 10.3 Å². The fraction of sp³-hybridized carbons (Fsp3) is 0.400. The summed E-state index contributed by atoms with van der Waals surface area (Å²) < 4.78 is 5.76. The molecule has 3 nitrogen and oxygen atoms in total. The lowest BCUT2D eigenvalue weighted by Gasteiger charge is -2.06. The van der Waals surface area contributed by atoms with Crippen LogP contribution in [0.25, 0.3) is 0 Å². The normalized spacial score (nSPS) is 12.6. The average Bonchev–Trinajstić information content (AvgIpc) is 2.79. The predicted molar refractivity (Wildman–Crippen MR) is 72.7 cm³/mol. The molecular formula is C15H20N2O. The second kappa shape index (κ2) is 5.83. The number of oxazole rings is 1. The molecular weight excluding hydrogens is 224 g/mol. The van der Waals surface area contributed by atoms with Gasteiger partial charge >= 0.3 is 0 Å². The summed E-state index contributed by atoms with van der Waals surface area (Å²) in [6.45, 7) is 4.24. The van der Waals surface area contributed by atoms with Crippen LogP contribution >= 0.6 is 0 Å². The van der Waals surface area contributed by atoms with E-state index >= 15 is 0 Å². The Bertz CT molecular complexity index is 505. The van der Waals surface area contributed by atoms with Crippen LogP contribution in [0, 0.1) is 6.92 Å². The van der Waals surface area contributed by atoms with Crippen molar-refractivity contribution in [3.05, 3.63) is 53.2 Å². The van der Waals surface area contributed by atoms with E-state index in [1.54, 1.807) is 0 Å². The molecule has 0 amide bonds. The Morgan fingerprint density at radius 3 is 2.83 bits per heavy atom. The highest BCUT2D eigenvalue weighted by Gasteiger charge is 2.08. The number of aromatic nitrogens is 1. The lowest BCUT2D eigenvalue weighted by atomic mass is 10.1. The molecule has 1 aromatic carbocycles. The minimum absolute atomic E-state index is 0.407. The van der Waals surface area contributed by atoms with Gasteiger partial charge in [-0.2, -0.15) is 0 Å². The monoisotopic (exact) mass is 244 g/mol. The van der Waals surface area contributed by atoms with Gasteiger partial charge in [0.2, 0.25) is 0 Å². The molecule has 3 heteroatoms. The van der Waals surface area contributed by atoms with Crippen LogP contribution in [0.2, 0.25) is 0 Å². The number of rotatable bonds is 5. The smallest absolute Gasteiger partial charge is 0.198 e. The van der Waals surface area contributed by atoms with Gasteiger partial charge in [0.15, 0.2) is 5.89 Å². The first-order valence-electron chi connectivity index (χ1n) is 6.34. The maximum absolute atomic E-state index is 5.76. The molecule has 0 fully saturated rings. The van der Waals surface area contributed by atoms with E-state index in [0.717, 1.165) is 24.5 Å². The fourth-order valence-corrected chi connectivity index (χ4v) is 1.90. The molecule has 0 aliphatic heterocycles. The molecule has 0 saturated carbocycles. The predicted octanol–water partition coefficient (Wildman–Crippen LogP) is 2.72. The highest BCUT2D eigenvalue weighted by Crippen LogP contribution is 2.14. The van der Waals surface area contributed by atoms with Gasteiger partial charge in [0.05, 0.1) is 6.20 Å². The zero-order chi connectivity index (χ0) is 13.0. The number of nitrogens with zero attached hydrogens (tertiary/aromatic N) is 1. The molecule has 18 heavy (non-hydrogen) atoms. The topological polar surface area (TPSA) is 38.1 Å². The molecule has 1 unspecified atom stereocenters. The van der Waals surface area contributed by atoms with Crippen LogP contribution in [-0.4, -0.2) is 18.1 Å². The van der Waals surface area contributed by atoms with Crippen molar-refractivity contribution in [2.24, 2.45) is 0 Å². The van der Waals surface area contributed by atoms with Crippen LogP contribution in [0.3, 0.4) is 0 Å². The Balaban J connectivity index is 2.05. The number of hydrogen-bond donors (Lipinski definition) is 1. The molecule has 2 rings (SSSR count). The summed E-state index contributed by atoms with van der Waals surface area (Å²) >= 11 is 0. The third kappa shape index (κ3) is 3.20. The van der Waals surface area contributed by atoms with Gasteiger partial charge in [0, 0.05) is 18.9 Å². The van der Waals surface area contributed by atoms with Gasteiger partial charge in [-0.1, -0.05) is 24.3 Å². The number of likely N-dealkylation sites (N-methyl/N-ethyl adjacent to an activating group) is 1. The molecule has 1 aromatic heterocycles. The van der Waals surface area contributed by atoms with Crippen molar-refractivity contribution < 1.29 is 4.42 Å². The third-order valence-corrected chi connectivity index (χ3v) is 3.20. The van der Waals surface area contributed by atoms with E-state index in [4.69, 9.17) is 4.42 Å². The second-order valence-electron chi connectivity index (χ2n) is 4.72. The first-order valence-corrected chi connectivity index (χ1v) is 6.34. The van der Waals surface area contributed by atoms with Crippen LogP contribution in [0.1, 0.15) is 29.7 Å². The Labute approximate surface area is 108 Å². The maximum atomic E-state index is 5.76. The van der Waals surface area contributed by atoms with Crippen LogP contribution in [0.5, 0.6) is 0 Å². The molecule has 0 bridgehead atoms. The van der Waals surface area contributed by atoms with Crippen molar-refractivity contribution >= 4 is 0 Å². The van der Waals surface area contributed by atoms with Gasteiger partial charge in [-0.15, -0.1) is 0 Å². The molecule has 0 aliphatic rings. The van der Waals surface area contributed by atoms with Gasteiger partial charge in [-0.3, -0.25) is 0 Å². The van der Waals surface area contributed by atoms with Gasteiger partial charge in [-0.05, 0) is 32.0 Å². The Kier molecular flexibility index (Phi) is 4.15. The van der Waals surface area contributed by atoms with Crippen molar-refractivity contribution in [3.63, 3.8) is 0 Å². The quantitative estimate of drug-likeness (QED) is 0.878. The van der Waals surface area contributed by atoms with Crippen molar-refractivity contribution in [2.75, 3.05) is 7.05 Å². The lowest BCUT2D eigenvalue weighted by molar-refractivity contribution is 0.440. The van der Waals surface area contributed by atoms with Gasteiger partial charge in [0.1, 0.15) is 5.76 Å². The summed E-state index contributed by atoms with van der Waals surface area (Å²) in [5.41, 5.74) is 2.55. The Morgan fingerprint density at radius 1 is 1.33 bits per heavy atom. The summed E-state index contributed by atoms with van der Waals surface area (Å²) in [4.78, 5) is 4.35. The zero-order valence-electron chi connectivity index (χ0n) is 11.2. The zero-order valence-corrected chi connectivity index (χ0v) is 11.2. The average molecular weight is 244 g/mol. The van der Waals surface area contributed by atoms with Crippen LogP contribution < -0.4 is 5.32 Å². The van der Waals surface area contributed by atoms with Crippen molar-refractivity contribution in [2.45, 2.75) is 32.7 Å². The SMILES string of the molecule is CNC(C)Cc1cnc(Cc2ccccc2C)o1. The van der Waals surface area contributed by atoms with Gasteiger partial charge < -0.3 is 9.73 Å². The highest BCUT2D eigenvalue weighted by molar-refractivity contribution is 5.27. The summed E-state index contributed by atoms with van der Waals surface area (Å²) in [5, 5.41) is 3.19. The second-order valence-corrected chi connectivity index (χ2v) is 4.72. The van der Waals surface area contributed by atoms with E-state index in [2.05, 4.69) is 48.4 Å². The summed E-state index contributed by atoms with van der Waals surface area (Å²) in [5.74, 6) is 1.74. The van der Waals surface area contributed by atoms with Crippen LogP contribution in [0.15, 0.2) is 34.9 Å². The third-order valence-electron chi connectivity index (χ3n) is 3.20. The molecule has 1 heterocycles. The van der Waals surface area contributed by atoms with E-state index in [9.17, 15) is 0 Å². The molecule has 0 spiro atoms. The van der Waals surface area contributed by atoms with Crippen molar-refractivity contribution in [3.8, 4) is 0 Å². The van der Waals surface area contributed by atoms with Gasteiger partial charge in [0.25, 0.3) is 0 Å². The highest BCUT2D eigenvalue weighted by atomic mass is 16.4. The Morgan fingerprint density at radius 2 is 2.11 bits per heavy atom. The molecule has 1 atom stereocenters. The van der Waals surface area contributed by atoms with E-state index in [1.165, 1.54) is 11.1 Å².